The molecule has 1 N–H and O–H groups in total. The molecule has 2 aromatic rings. The molecule has 0 radical (unpaired) electrons. The van der Waals surface area contributed by atoms with Crippen molar-refractivity contribution in [3.63, 3.8) is 0 Å². The molecule has 8 nitrogen and oxygen atoms in total. The number of carbonyl (C=O) groups excluding carboxylic acids is 2. The molecule has 0 heterocycles. The second-order valence-corrected chi connectivity index (χ2v) is 9.96. The molecule has 0 fully saturated rings. The number of methoxy groups -OCH3 is 1. The van der Waals surface area contributed by atoms with Gasteiger partial charge in [0.25, 0.3) is 0 Å². The number of esters is 1. The van der Waals surface area contributed by atoms with Gasteiger partial charge in [0.15, 0.2) is 0 Å². The summed E-state index contributed by atoms with van der Waals surface area (Å²) in [5, 5.41) is 0. The molecule has 0 unspecified atom stereocenters. The molecule has 33 heavy (non-hydrogen) atoms. The number of benzene rings is 2. The van der Waals surface area contributed by atoms with E-state index >= 15 is 0 Å². The van der Waals surface area contributed by atoms with Crippen LogP contribution in [0.3, 0.4) is 0 Å². The molecular formula is C24H32N2O6S. The monoisotopic (exact) mass is 476 g/mol. The van der Waals surface area contributed by atoms with Crippen LogP contribution in [-0.2, 0) is 37.4 Å². The van der Waals surface area contributed by atoms with Gasteiger partial charge in [-0.3, -0.25) is 4.79 Å². The maximum atomic E-state index is 12.8. The molecule has 0 bridgehead atoms. The lowest BCUT2D eigenvalue weighted by Crippen LogP contribution is -2.45. The van der Waals surface area contributed by atoms with Gasteiger partial charge in [-0.05, 0) is 23.5 Å². The number of ether oxygens (including phenoxy) is 2. The minimum atomic E-state index is -3.87. The number of nitrogens with zero attached hydrogens (tertiary/aromatic N) is 1. The van der Waals surface area contributed by atoms with E-state index in [9.17, 15) is 18.0 Å². The van der Waals surface area contributed by atoms with E-state index in [0.717, 1.165) is 11.1 Å². The second kappa shape index (κ2) is 13.0. The van der Waals surface area contributed by atoms with Crippen molar-refractivity contribution in [2.24, 2.45) is 5.92 Å². The van der Waals surface area contributed by atoms with Gasteiger partial charge in [-0.15, -0.1) is 0 Å². The first-order valence-electron chi connectivity index (χ1n) is 10.8. The predicted octanol–water partition coefficient (Wildman–Crippen LogP) is 3.33. The van der Waals surface area contributed by atoms with Crippen molar-refractivity contribution in [2.75, 3.05) is 19.4 Å². The van der Waals surface area contributed by atoms with E-state index in [1.807, 2.05) is 74.5 Å². The summed E-state index contributed by atoms with van der Waals surface area (Å²) in [5.41, 5.74) is 1.67. The first-order valence-corrected chi connectivity index (χ1v) is 12.4. The van der Waals surface area contributed by atoms with Gasteiger partial charge in [0.05, 0.1) is 12.9 Å². The molecule has 0 aliphatic carbocycles. The van der Waals surface area contributed by atoms with E-state index in [1.54, 1.807) is 0 Å². The first-order chi connectivity index (χ1) is 15.7. The van der Waals surface area contributed by atoms with Crippen LogP contribution in [0.4, 0.5) is 4.79 Å². The van der Waals surface area contributed by atoms with Gasteiger partial charge in [0.2, 0.25) is 10.0 Å². The number of sulfonamides is 1. The summed E-state index contributed by atoms with van der Waals surface area (Å²) >= 11 is 0. The largest absolute Gasteiger partial charge is 0.468 e. The lowest BCUT2D eigenvalue weighted by atomic mass is 10.1. The number of hydrogen-bond donors (Lipinski definition) is 1. The molecule has 180 valence electrons. The van der Waals surface area contributed by atoms with Crippen LogP contribution >= 0.6 is 0 Å². The SMILES string of the molecule is COC(=O)[C@H](CC(C)C)NS(=O)(=O)CCN(Cc1ccccc1)C(=O)OCc1ccccc1. The molecule has 2 aromatic carbocycles. The van der Waals surface area contributed by atoms with Gasteiger partial charge >= 0.3 is 12.1 Å². The lowest BCUT2D eigenvalue weighted by Gasteiger charge is -2.23. The van der Waals surface area contributed by atoms with E-state index in [2.05, 4.69) is 4.72 Å². The Morgan fingerprint density at radius 2 is 1.55 bits per heavy atom. The normalized spacial score (nSPS) is 12.2. The number of hydrogen-bond acceptors (Lipinski definition) is 6. The summed E-state index contributed by atoms with van der Waals surface area (Å²) in [6, 6.07) is 17.5. The fraction of sp³-hybridized carbons (Fsp3) is 0.417. The summed E-state index contributed by atoms with van der Waals surface area (Å²) in [6.07, 6.45) is -0.316. The Morgan fingerprint density at radius 1 is 0.970 bits per heavy atom. The van der Waals surface area contributed by atoms with Gasteiger partial charge in [-0.1, -0.05) is 74.5 Å². The van der Waals surface area contributed by atoms with E-state index in [1.165, 1.54) is 12.0 Å². The zero-order chi connectivity index (χ0) is 24.3. The minimum Gasteiger partial charge on any atom is -0.468 e. The molecule has 0 aliphatic rings. The van der Waals surface area contributed by atoms with Gasteiger partial charge in [-0.25, -0.2) is 17.9 Å². The highest BCUT2D eigenvalue weighted by atomic mass is 32.2. The van der Waals surface area contributed by atoms with Gasteiger partial charge < -0.3 is 14.4 Å². The third-order valence-electron chi connectivity index (χ3n) is 4.82. The summed E-state index contributed by atoms with van der Waals surface area (Å²) in [5.74, 6) is -0.943. The predicted molar refractivity (Wildman–Crippen MR) is 126 cm³/mol. The number of amides is 1. The molecule has 1 atom stereocenters. The molecule has 0 saturated carbocycles. The fourth-order valence-electron chi connectivity index (χ4n) is 3.16. The molecule has 0 aromatic heterocycles. The molecule has 0 aliphatic heterocycles. The van der Waals surface area contributed by atoms with Gasteiger partial charge in [-0.2, -0.15) is 0 Å². The van der Waals surface area contributed by atoms with Crippen molar-refractivity contribution >= 4 is 22.1 Å². The number of rotatable bonds is 12. The quantitative estimate of drug-likeness (QED) is 0.472. The van der Waals surface area contributed by atoms with Crippen LogP contribution < -0.4 is 4.72 Å². The van der Waals surface area contributed by atoms with E-state index in [-0.39, 0.29) is 31.4 Å². The van der Waals surface area contributed by atoms with Crippen molar-refractivity contribution in [3.8, 4) is 0 Å². The third kappa shape index (κ3) is 9.63. The highest BCUT2D eigenvalue weighted by Crippen LogP contribution is 2.11. The first kappa shape index (κ1) is 26.3. The van der Waals surface area contributed by atoms with Crippen molar-refractivity contribution < 1.29 is 27.5 Å². The fourth-order valence-corrected chi connectivity index (χ4v) is 4.37. The average molecular weight is 477 g/mol. The number of carbonyl (C=O) groups is 2. The smallest absolute Gasteiger partial charge is 0.410 e. The minimum absolute atomic E-state index is 0.0781. The molecular weight excluding hydrogens is 444 g/mol. The molecule has 1 amide bonds. The van der Waals surface area contributed by atoms with E-state index < -0.39 is 28.1 Å². The van der Waals surface area contributed by atoms with Gasteiger partial charge in [0, 0.05) is 13.1 Å². The maximum absolute atomic E-state index is 12.8. The van der Waals surface area contributed by atoms with Crippen molar-refractivity contribution in [2.45, 2.75) is 39.5 Å². The summed E-state index contributed by atoms with van der Waals surface area (Å²) in [4.78, 5) is 26.1. The second-order valence-electron chi connectivity index (χ2n) is 8.09. The van der Waals surface area contributed by atoms with Crippen LogP contribution in [0.15, 0.2) is 60.7 Å². The molecule has 2 rings (SSSR count). The molecule has 9 heteroatoms. The van der Waals surface area contributed by atoms with Crippen molar-refractivity contribution in [1.29, 1.82) is 0 Å². The molecule has 0 saturated heterocycles. The van der Waals surface area contributed by atoms with Gasteiger partial charge in [0.1, 0.15) is 12.6 Å². The maximum Gasteiger partial charge on any atom is 0.410 e. The number of nitrogens with one attached hydrogen (secondary N) is 1. The van der Waals surface area contributed by atoms with E-state index in [0.29, 0.717) is 6.42 Å². The zero-order valence-electron chi connectivity index (χ0n) is 19.3. The van der Waals surface area contributed by atoms with Crippen LogP contribution in [0.2, 0.25) is 0 Å². The van der Waals surface area contributed by atoms with Crippen LogP contribution in [0.5, 0.6) is 0 Å². The van der Waals surface area contributed by atoms with Crippen molar-refractivity contribution in [3.05, 3.63) is 71.8 Å². The van der Waals surface area contributed by atoms with Crippen LogP contribution in [0, 0.1) is 5.92 Å². The Morgan fingerprint density at radius 3 is 2.09 bits per heavy atom. The standard InChI is InChI=1S/C24H32N2O6S/c1-19(2)16-22(23(27)31-3)25-33(29,30)15-14-26(17-20-10-6-4-7-11-20)24(28)32-18-21-12-8-5-9-13-21/h4-13,19,22,25H,14-18H2,1-3H3/t22-/m0/s1. The van der Waals surface area contributed by atoms with Crippen molar-refractivity contribution in [1.82, 2.24) is 9.62 Å². The molecule has 0 spiro atoms. The Labute approximate surface area is 195 Å². The summed E-state index contributed by atoms with van der Waals surface area (Å²) in [7, 11) is -2.65. The summed E-state index contributed by atoms with van der Waals surface area (Å²) in [6.45, 7) is 3.93. The Bertz CT molecular complexity index is 981. The Balaban J connectivity index is 2.07. The van der Waals surface area contributed by atoms with Crippen LogP contribution in [-0.4, -0.2) is 50.8 Å². The van der Waals surface area contributed by atoms with E-state index in [4.69, 9.17) is 9.47 Å². The highest BCUT2D eigenvalue weighted by molar-refractivity contribution is 7.89. The topological polar surface area (TPSA) is 102 Å². The summed E-state index contributed by atoms with van der Waals surface area (Å²) < 4.78 is 38.0. The third-order valence-corrected chi connectivity index (χ3v) is 6.19. The zero-order valence-corrected chi connectivity index (χ0v) is 20.1. The van der Waals surface area contributed by atoms with Crippen LogP contribution in [0.25, 0.3) is 0 Å². The van der Waals surface area contributed by atoms with Crippen LogP contribution in [0.1, 0.15) is 31.4 Å². The highest BCUT2D eigenvalue weighted by Gasteiger charge is 2.27. The lowest BCUT2D eigenvalue weighted by molar-refractivity contribution is -0.143. The Kier molecular flexibility index (Phi) is 10.3. The average Bonchev–Trinajstić information content (AvgIpc) is 2.80. The Hall–Kier alpha value is -2.91.